The van der Waals surface area contributed by atoms with Crippen LogP contribution >= 0.6 is 15.9 Å². The fourth-order valence-corrected chi connectivity index (χ4v) is 3.09. The highest BCUT2D eigenvalue weighted by Crippen LogP contribution is 2.24. The molecule has 134 valence electrons. The fourth-order valence-electron chi connectivity index (χ4n) is 2.68. The van der Waals surface area contributed by atoms with Crippen molar-refractivity contribution in [2.75, 3.05) is 27.2 Å². The number of benzene rings is 2. The van der Waals surface area contributed by atoms with E-state index in [0.717, 1.165) is 15.8 Å². The summed E-state index contributed by atoms with van der Waals surface area (Å²) in [5.41, 5.74) is 2.28. The first-order valence-electron chi connectivity index (χ1n) is 8.32. The maximum absolute atomic E-state index is 12.2. The summed E-state index contributed by atoms with van der Waals surface area (Å²) in [6.45, 7) is 3.74. The zero-order valence-electron chi connectivity index (χ0n) is 15.0. The minimum atomic E-state index is 0.0271. The Balaban J connectivity index is 1.83. The minimum absolute atomic E-state index is 0.0271. The lowest BCUT2D eigenvalue weighted by atomic mass is 10.0. The Morgan fingerprint density at radius 1 is 1.24 bits per heavy atom. The maximum Gasteiger partial charge on any atom is 0.234 e. The van der Waals surface area contributed by atoms with E-state index in [1.54, 1.807) is 7.11 Å². The second-order valence-electron chi connectivity index (χ2n) is 6.24. The monoisotopic (exact) mass is 404 g/mol. The molecule has 1 amide bonds. The topological polar surface area (TPSA) is 41.6 Å². The highest BCUT2D eigenvalue weighted by Gasteiger charge is 2.12. The first-order valence-corrected chi connectivity index (χ1v) is 9.11. The number of nitrogens with one attached hydrogen (secondary N) is 1. The maximum atomic E-state index is 12.2. The third-order valence-electron chi connectivity index (χ3n) is 4.07. The van der Waals surface area contributed by atoms with Crippen LogP contribution in [0.2, 0.25) is 0 Å². The van der Waals surface area contributed by atoms with Crippen molar-refractivity contribution in [3.05, 3.63) is 64.1 Å². The van der Waals surface area contributed by atoms with E-state index < -0.39 is 0 Å². The van der Waals surface area contributed by atoms with Crippen molar-refractivity contribution in [2.24, 2.45) is 0 Å². The van der Waals surface area contributed by atoms with Crippen LogP contribution in [0.25, 0.3) is 0 Å². The third kappa shape index (κ3) is 6.18. The predicted octanol–water partition coefficient (Wildman–Crippen LogP) is 3.81. The molecule has 0 heterocycles. The summed E-state index contributed by atoms with van der Waals surface area (Å²) in [6.07, 6.45) is 0. The molecular formula is C20H25BrN2O2. The van der Waals surface area contributed by atoms with Crippen LogP contribution in [0.3, 0.4) is 0 Å². The molecule has 25 heavy (non-hydrogen) atoms. The second kappa shape index (κ2) is 9.59. The molecule has 4 nitrogen and oxygen atoms in total. The summed E-state index contributed by atoms with van der Waals surface area (Å²) >= 11 is 3.48. The second-order valence-corrected chi connectivity index (χ2v) is 7.16. The molecule has 2 rings (SSSR count). The number of rotatable bonds is 8. The zero-order valence-corrected chi connectivity index (χ0v) is 16.5. The van der Waals surface area contributed by atoms with Gasteiger partial charge in [-0.05, 0) is 36.7 Å². The van der Waals surface area contributed by atoms with Crippen LogP contribution in [0.1, 0.15) is 24.0 Å². The molecule has 0 bridgehead atoms. The van der Waals surface area contributed by atoms with Gasteiger partial charge in [-0.3, -0.25) is 9.69 Å². The molecule has 0 spiro atoms. The molecule has 0 fully saturated rings. The van der Waals surface area contributed by atoms with Gasteiger partial charge in [0.25, 0.3) is 0 Å². The number of amides is 1. The lowest BCUT2D eigenvalue weighted by Gasteiger charge is -2.19. The normalized spacial score (nSPS) is 12.0. The largest absolute Gasteiger partial charge is 0.496 e. The summed E-state index contributed by atoms with van der Waals surface area (Å²) in [4.78, 5) is 14.2. The number of likely N-dealkylation sites (N-methyl/N-ethyl adjacent to an activating group) is 1. The van der Waals surface area contributed by atoms with E-state index in [0.29, 0.717) is 25.6 Å². The van der Waals surface area contributed by atoms with E-state index in [1.807, 2.05) is 48.3 Å². The number of hydrogen-bond donors (Lipinski definition) is 1. The van der Waals surface area contributed by atoms with Gasteiger partial charge >= 0.3 is 0 Å². The van der Waals surface area contributed by atoms with Gasteiger partial charge in [-0.1, -0.05) is 53.2 Å². The Labute approximate surface area is 158 Å². The van der Waals surface area contributed by atoms with Crippen LogP contribution in [0.4, 0.5) is 0 Å². The van der Waals surface area contributed by atoms with Gasteiger partial charge in [-0.15, -0.1) is 0 Å². The number of halogens is 1. The molecule has 0 aliphatic rings. The quantitative estimate of drug-likeness (QED) is 0.726. The summed E-state index contributed by atoms with van der Waals surface area (Å²) in [6, 6.07) is 16.1. The first-order chi connectivity index (χ1) is 12.0. The highest BCUT2D eigenvalue weighted by atomic mass is 79.9. The van der Waals surface area contributed by atoms with Crippen LogP contribution in [0.15, 0.2) is 53.0 Å². The summed E-state index contributed by atoms with van der Waals surface area (Å²) in [5, 5.41) is 3.02. The standard InChI is InChI=1S/C20H25BrN2O2/c1-15(16-7-5-4-6-8-16)12-22-20(24)14-23(2)13-17-11-18(21)9-10-19(17)25-3/h4-11,15H,12-14H2,1-3H3,(H,22,24)/t15-/m1/s1. The number of carbonyl (C=O) groups is 1. The van der Waals surface area contributed by atoms with Gasteiger partial charge in [0.15, 0.2) is 0 Å². The van der Waals surface area contributed by atoms with Gasteiger partial charge < -0.3 is 10.1 Å². The van der Waals surface area contributed by atoms with Gasteiger partial charge in [-0.2, -0.15) is 0 Å². The van der Waals surface area contributed by atoms with Crippen LogP contribution in [0.5, 0.6) is 5.75 Å². The summed E-state index contributed by atoms with van der Waals surface area (Å²) in [7, 11) is 3.59. The molecule has 0 aromatic heterocycles. The lowest BCUT2D eigenvalue weighted by Crippen LogP contribution is -2.36. The Hall–Kier alpha value is -1.85. The van der Waals surface area contributed by atoms with Crippen molar-refractivity contribution in [3.8, 4) is 5.75 Å². The Morgan fingerprint density at radius 3 is 2.64 bits per heavy atom. The molecule has 0 unspecified atom stereocenters. The highest BCUT2D eigenvalue weighted by molar-refractivity contribution is 9.10. The molecule has 0 radical (unpaired) electrons. The molecule has 1 atom stereocenters. The van der Waals surface area contributed by atoms with Crippen molar-refractivity contribution in [1.29, 1.82) is 0 Å². The van der Waals surface area contributed by atoms with Crippen LogP contribution in [-0.4, -0.2) is 38.1 Å². The van der Waals surface area contributed by atoms with E-state index in [4.69, 9.17) is 4.74 Å². The molecule has 2 aromatic carbocycles. The minimum Gasteiger partial charge on any atom is -0.496 e. The van der Waals surface area contributed by atoms with E-state index >= 15 is 0 Å². The smallest absolute Gasteiger partial charge is 0.234 e. The molecule has 5 heteroatoms. The van der Waals surface area contributed by atoms with Gasteiger partial charge in [-0.25, -0.2) is 0 Å². The first kappa shape index (κ1) is 19.5. The molecule has 0 saturated heterocycles. The number of carbonyl (C=O) groups excluding carboxylic acids is 1. The van der Waals surface area contributed by atoms with Gasteiger partial charge in [0.1, 0.15) is 5.75 Å². The van der Waals surface area contributed by atoms with Crippen LogP contribution in [0, 0.1) is 0 Å². The van der Waals surface area contributed by atoms with Crippen molar-refractivity contribution in [1.82, 2.24) is 10.2 Å². The Bertz CT molecular complexity index is 691. The lowest BCUT2D eigenvalue weighted by molar-refractivity contribution is -0.122. The van der Waals surface area contributed by atoms with Crippen LogP contribution < -0.4 is 10.1 Å². The molecule has 0 saturated carbocycles. The van der Waals surface area contributed by atoms with Crippen molar-refractivity contribution in [3.63, 3.8) is 0 Å². The van der Waals surface area contributed by atoms with E-state index in [-0.39, 0.29) is 5.91 Å². The summed E-state index contributed by atoms with van der Waals surface area (Å²) < 4.78 is 6.38. The van der Waals surface area contributed by atoms with E-state index in [1.165, 1.54) is 5.56 Å². The van der Waals surface area contributed by atoms with Gasteiger partial charge in [0, 0.05) is 23.1 Å². The zero-order chi connectivity index (χ0) is 18.2. The average molecular weight is 405 g/mol. The number of methoxy groups -OCH3 is 1. The molecule has 2 aromatic rings. The molecule has 0 aliphatic carbocycles. The molecule has 1 N–H and O–H groups in total. The predicted molar refractivity (Wildman–Crippen MR) is 105 cm³/mol. The molecule has 0 aliphatic heterocycles. The molecular weight excluding hydrogens is 380 g/mol. The average Bonchev–Trinajstić information content (AvgIpc) is 2.60. The third-order valence-corrected chi connectivity index (χ3v) is 4.56. The van der Waals surface area contributed by atoms with E-state index in [2.05, 4.69) is 40.3 Å². The van der Waals surface area contributed by atoms with Gasteiger partial charge in [0.05, 0.1) is 13.7 Å². The fraction of sp³-hybridized carbons (Fsp3) is 0.350. The number of hydrogen-bond acceptors (Lipinski definition) is 3. The number of nitrogens with zero attached hydrogens (tertiary/aromatic N) is 1. The Morgan fingerprint density at radius 2 is 1.96 bits per heavy atom. The van der Waals surface area contributed by atoms with Gasteiger partial charge in [0.2, 0.25) is 5.91 Å². The van der Waals surface area contributed by atoms with E-state index in [9.17, 15) is 4.79 Å². The van der Waals surface area contributed by atoms with Crippen LogP contribution in [-0.2, 0) is 11.3 Å². The Kier molecular flexibility index (Phi) is 7.47. The van der Waals surface area contributed by atoms with Crippen molar-refractivity contribution < 1.29 is 9.53 Å². The number of ether oxygens (including phenoxy) is 1. The van der Waals surface area contributed by atoms with Crippen molar-refractivity contribution in [2.45, 2.75) is 19.4 Å². The summed E-state index contributed by atoms with van der Waals surface area (Å²) in [5.74, 6) is 1.15. The SMILES string of the molecule is COc1ccc(Br)cc1CN(C)CC(=O)NC[C@@H](C)c1ccccc1. The van der Waals surface area contributed by atoms with Crippen molar-refractivity contribution >= 4 is 21.8 Å².